The third kappa shape index (κ3) is 3.63. The van der Waals surface area contributed by atoms with E-state index in [-0.39, 0.29) is 53.4 Å². The summed E-state index contributed by atoms with van der Waals surface area (Å²) in [7, 11) is 0. The third-order valence-corrected chi connectivity index (χ3v) is 11.0. The lowest BCUT2D eigenvalue weighted by Gasteiger charge is -2.66. The summed E-state index contributed by atoms with van der Waals surface area (Å²) < 4.78 is 0. The number of aromatic nitrogens is 1. The van der Waals surface area contributed by atoms with Crippen LogP contribution in [0.3, 0.4) is 0 Å². The van der Waals surface area contributed by atoms with Gasteiger partial charge in [-0.25, -0.2) is 0 Å². The first-order valence-electron chi connectivity index (χ1n) is 14.8. The summed E-state index contributed by atoms with van der Waals surface area (Å²) in [6, 6.07) is 4.91. The number of primary amides is 1. The number of amides is 1. The zero-order valence-electron chi connectivity index (χ0n) is 25.0. The van der Waals surface area contributed by atoms with Gasteiger partial charge in [-0.3, -0.25) is 14.4 Å². The number of carbonyl (C=O) groups excluding carboxylic acids is 3. The van der Waals surface area contributed by atoms with Crippen LogP contribution < -0.4 is 5.73 Å². The molecule has 2 unspecified atom stereocenters. The largest absolute Gasteiger partial charge is 0.507 e. The monoisotopic (exact) mass is 606 g/mol. The average molecular weight is 607 g/mol. The van der Waals surface area contributed by atoms with Gasteiger partial charge in [0, 0.05) is 40.9 Å². The Hall–Kier alpha value is -3.93. The maximum Gasteiger partial charge on any atom is 0.230 e. The number of hydrogen-bond donors (Lipinski definition) is 8. The summed E-state index contributed by atoms with van der Waals surface area (Å²) >= 11 is 0. The van der Waals surface area contributed by atoms with Gasteiger partial charge in [-0.15, -0.1) is 0 Å². The number of rotatable bonds is 4. The number of nitrogens with two attached hydrogens (primary N) is 1. The molecule has 2 fully saturated rings. The number of aromatic amines is 1. The van der Waals surface area contributed by atoms with Crippen molar-refractivity contribution < 1.29 is 45.0 Å². The van der Waals surface area contributed by atoms with Crippen molar-refractivity contribution in [2.75, 3.05) is 0 Å². The Labute approximate surface area is 253 Å². The van der Waals surface area contributed by atoms with E-state index >= 15 is 0 Å². The Morgan fingerprint density at radius 2 is 1.70 bits per heavy atom. The highest BCUT2D eigenvalue weighted by Gasteiger charge is 2.75. The van der Waals surface area contributed by atoms with E-state index in [9.17, 15) is 45.0 Å². The highest BCUT2D eigenvalue weighted by molar-refractivity contribution is 6.09. The van der Waals surface area contributed by atoms with Gasteiger partial charge in [0.2, 0.25) is 5.91 Å². The molecule has 11 nitrogen and oxygen atoms in total. The molecular formula is C33H38N2O9. The van der Waals surface area contributed by atoms with Gasteiger partial charge in [-0.1, -0.05) is 39.8 Å². The molecular weight excluding hydrogens is 568 g/mol. The summed E-state index contributed by atoms with van der Waals surface area (Å²) in [5.74, 6) is -7.91. The maximum absolute atomic E-state index is 14.3. The Morgan fingerprint density at radius 3 is 2.32 bits per heavy atom. The standard InChI is InChI=1S/C33H38N2O9/c1-13(2)21-27(40)20(30(34)43)28(41)33(44)29(42)22-26(39)19-15(10-31(22,3)12-32(21,33)4)6-5-14(23(19)36)9-17-24(37)16-7-8-35-11-18(16)25(17)38/h5-8,11,13,20-22,27,29,35-38,40,42,44H,9-10,12H2,1-4H3,(H2,34,43)/t20-,21+,22-,27?,29?,31-,32-,33+/m1/s1. The van der Waals surface area contributed by atoms with E-state index in [0.29, 0.717) is 16.7 Å². The number of ketones is 2. The number of aliphatic hydroxyl groups is 3. The van der Waals surface area contributed by atoms with Crippen molar-refractivity contribution >= 4 is 17.5 Å². The first kappa shape index (κ1) is 30.1. The molecule has 8 atom stereocenters. The molecule has 1 amide bonds. The molecule has 5 aliphatic rings. The normalized spacial score (nSPS) is 35.0. The molecule has 6 rings (SSSR count). The molecule has 0 bridgehead atoms. The van der Waals surface area contributed by atoms with E-state index in [4.69, 9.17) is 5.73 Å². The molecule has 4 aliphatic carbocycles. The fourth-order valence-corrected chi connectivity index (χ4v) is 9.34. The zero-order chi connectivity index (χ0) is 32.3. The van der Waals surface area contributed by atoms with Crippen molar-refractivity contribution in [3.8, 4) is 28.4 Å². The number of phenolic OH excluding ortho intramolecular Hbond substituents is 1. The molecule has 1 aromatic carbocycles. The highest BCUT2D eigenvalue weighted by atomic mass is 16.4. The van der Waals surface area contributed by atoms with E-state index < -0.39 is 69.6 Å². The van der Waals surface area contributed by atoms with E-state index in [1.807, 2.05) is 0 Å². The van der Waals surface area contributed by atoms with E-state index in [0.717, 1.165) is 0 Å². The number of fused-ring (bicyclic) bond motifs is 4. The van der Waals surface area contributed by atoms with Crippen LogP contribution >= 0.6 is 0 Å². The highest BCUT2D eigenvalue weighted by Crippen LogP contribution is 2.65. The SMILES string of the molecule is CC(C)[C@H]1C(O)[C@@H](C(N)=O)C(=O)[C@]2(O)C(O)[C@H]3C(=O)c4c(ccc(Cc5c(O)c6cc[nH]cc-6c5O)c4O)C[C@]3(C)C[C@]12C. The number of hydrogen-bond acceptors (Lipinski definition) is 9. The van der Waals surface area contributed by atoms with Crippen molar-refractivity contribution in [1.29, 1.82) is 0 Å². The minimum atomic E-state index is -2.59. The van der Waals surface area contributed by atoms with Crippen molar-refractivity contribution in [3.05, 3.63) is 52.8 Å². The summed E-state index contributed by atoms with van der Waals surface area (Å²) in [5, 5.41) is 68.4. The molecule has 1 aliphatic heterocycles. The summed E-state index contributed by atoms with van der Waals surface area (Å²) in [6.07, 6.45) is -0.182. The van der Waals surface area contributed by atoms with Crippen LogP contribution in [0.1, 0.15) is 61.2 Å². The van der Waals surface area contributed by atoms with E-state index in [1.165, 1.54) is 6.20 Å². The first-order chi connectivity index (χ1) is 20.5. The molecule has 1 aromatic rings. The van der Waals surface area contributed by atoms with Gasteiger partial charge in [0.15, 0.2) is 17.2 Å². The second-order valence-corrected chi connectivity index (χ2v) is 13.9. The van der Waals surface area contributed by atoms with Crippen LogP contribution in [0.2, 0.25) is 0 Å². The molecule has 0 saturated heterocycles. The lowest BCUT2D eigenvalue weighted by molar-refractivity contribution is -0.265. The first-order valence-corrected chi connectivity index (χ1v) is 14.8. The number of aromatic hydroxyl groups is 3. The van der Waals surface area contributed by atoms with E-state index in [1.54, 1.807) is 52.1 Å². The fraction of sp³-hybridized carbons (Fsp3) is 0.485. The van der Waals surface area contributed by atoms with Crippen molar-refractivity contribution in [2.24, 2.45) is 40.2 Å². The van der Waals surface area contributed by atoms with Crippen molar-refractivity contribution in [2.45, 2.75) is 64.8 Å². The molecule has 0 aromatic heterocycles. The summed E-state index contributed by atoms with van der Waals surface area (Å²) in [6.45, 7) is 6.98. The molecule has 9 N–H and O–H groups in total. The van der Waals surface area contributed by atoms with Crippen LogP contribution in [0.15, 0.2) is 30.6 Å². The smallest absolute Gasteiger partial charge is 0.230 e. The number of pyridine rings is 1. The van der Waals surface area contributed by atoms with Gasteiger partial charge in [0.05, 0.1) is 17.6 Å². The van der Waals surface area contributed by atoms with Gasteiger partial charge >= 0.3 is 0 Å². The fourth-order valence-electron chi connectivity index (χ4n) is 9.34. The van der Waals surface area contributed by atoms with Crippen molar-refractivity contribution in [1.82, 2.24) is 4.98 Å². The molecule has 2 saturated carbocycles. The molecule has 234 valence electrons. The van der Waals surface area contributed by atoms with Crippen LogP contribution in [0.4, 0.5) is 0 Å². The predicted molar refractivity (Wildman–Crippen MR) is 157 cm³/mol. The van der Waals surface area contributed by atoms with Crippen LogP contribution in [0.25, 0.3) is 11.1 Å². The minimum absolute atomic E-state index is 0.0575. The Morgan fingerprint density at radius 1 is 1.05 bits per heavy atom. The Balaban J connectivity index is 1.46. The van der Waals surface area contributed by atoms with E-state index in [2.05, 4.69) is 4.98 Å². The summed E-state index contributed by atoms with van der Waals surface area (Å²) in [4.78, 5) is 43.4. The average Bonchev–Trinajstić information content (AvgIpc) is 3.16. The number of H-pyrrole nitrogens is 1. The molecule has 44 heavy (non-hydrogen) atoms. The van der Waals surface area contributed by atoms with Crippen LogP contribution in [-0.4, -0.2) is 70.9 Å². The Kier molecular flexibility index (Phi) is 6.52. The van der Waals surface area contributed by atoms with Gasteiger partial charge < -0.3 is 41.4 Å². The molecule has 1 heterocycles. The predicted octanol–water partition coefficient (Wildman–Crippen LogP) is 2.01. The maximum atomic E-state index is 14.3. The number of benzene rings is 1. The molecule has 11 heteroatoms. The second kappa shape index (κ2) is 9.53. The summed E-state index contributed by atoms with van der Waals surface area (Å²) in [5.41, 5.74) is 2.15. The Bertz CT molecular complexity index is 1660. The van der Waals surface area contributed by atoms with Crippen LogP contribution in [0.5, 0.6) is 17.2 Å². The van der Waals surface area contributed by atoms with Crippen molar-refractivity contribution in [3.63, 3.8) is 0 Å². The van der Waals surface area contributed by atoms with Gasteiger partial charge in [-0.2, -0.15) is 0 Å². The topological polar surface area (TPSA) is 214 Å². The third-order valence-electron chi connectivity index (χ3n) is 11.0. The lowest BCUT2D eigenvalue weighted by atomic mass is 9.39. The van der Waals surface area contributed by atoms with Crippen LogP contribution in [-0.2, 0) is 22.4 Å². The lowest BCUT2D eigenvalue weighted by Crippen LogP contribution is -2.79. The molecule has 0 radical (unpaired) electrons. The number of phenols is 1. The second-order valence-electron chi connectivity index (χ2n) is 13.9. The number of carbonyl (C=O) groups is 3. The zero-order valence-corrected chi connectivity index (χ0v) is 25.0. The quantitative estimate of drug-likeness (QED) is 0.204. The number of aliphatic hydroxyl groups excluding tert-OH is 2. The molecule has 0 spiro atoms. The van der Waals surface area contributed by atoms with Gasteiger partial charge in [-0.05, 0) is 47.3 Å². The number of nitrogens with one attached hydrogen (secondary N) is 1. The minimum Gasteiger partial charge on any atom is -0.507 e. The number of Topliss-reactive ketones (excluding diaryl/α,β-unsaturated/α-hetero) is 2. The van der Waals surface area contributed by atoms with Gasteiger partial charge in [0.1, 0.15) is 29.3 Å². The van der Waals surface area contributed by atoms with Crippen LogP contribution in [0, 0.1) is 34.5 Å². The van der Waals surface area contributed by atoms with Gasteiger partial charge in [0.25, 0.3) is 0 Å².